The molecule has 0 bridgehead atoms. The summed E-state index contributed by atoms with van der Waals surface area (Å²) in [6.07, 6.45) is 0.912. The van der Waals surface area contributed by atoms with E-state index in [-0.39, 0.29) is 18.0 Å². The van der Waals surface area contributed by atoms with Crippen molar-refractivity contribution in [2.45, 2.75) is 32.4 Å². The number of rotatable bonds is 5. The molecule has 0 spiro atoms. The molecule has 1 heterocycles. The number of anilines is 1. The van der Waals surface area contributed by atoms with Crippen molar-refractivity contribution < 1.29 is 14.3 Å². The zero-order valence-corrected chi connectivity index (χ0v) is 14.8. The minimum Gasteiger partial charge on any atom is -0.497 e. The average Bonchev–Trinajstić information content (AvgIpc) is 2.61. The van der Waals surface area contributed by atoms with E-state index in [1.54, 1.807) is 7.11 Å². The van der Waals surface area contributed by atoms with Crippen LogP contribution in [0.25, 0.3) is 0 Å². The van der Waals surface area contributed by atoms with Gasteiger partial charge in [0.25, 0.3) is 0 Å². The Hall–Kier alpha value is -2.53. The van der Waals surface area contributed by atoms with Crippen molar-refractivity contribution in [3.8, 4) is 11.5 Å². The van der Waals surface area contributed by atoms with Crippen molar-refractivity contribution in [2.24, 2.45) is 0 Å². The highest BCUT2D eigenvalue weighted by Gasteiger charge is 2.22. The van der Waals surface area contributed by atoms with Gasteiger partial charge in [-0.2, -0.15) is 0 Å². The number of benzene rings is 2. The van der Waals surface area contributed by atoms with Gasteiger partial charge in [0.15, 0.2) is 0 Å². The molecule has 1 aliphatic rings. The highest BCUT2D eigenvalue weighted by molar-refractivity contribution is 5.88. The molecule has 5 nitrogen and oxygen atoms in total. The molecule has 2 aromatic carbocycles. The molecule has 1 amide bonds. The monoisotopic (exact) mass is 340 g/mol. The summed E-state index contributed by atoms with van der Waals surface area (Å²) in [6, 6.07) is 14.3. The van der Waals surface area contributed by atoms with Crippen molar-refractivity contribution in [2.75, 3.05) is 19.0 Å². The second-order valence-corrected chi connectivity index (χ2v) is 6.38. The van der Waals surface area contributed by atoms with Gasteiger partial charge in [-0.15, -0.1) is 0 Å². The summed E-state index contributed by atoms with van der Waals surface area (Å²) in [4.78, 5) is 11.2. The van der Waals surface area contributed by atoms with Crippen LogP contribution in [0.2, 0.25) is 0 Å². The fraction of sp³-hybridized carbons (Fsp3) is 0.350. The zero-order valence-electron chi connectivity index (χ0n) is 14.8. The number of hydrogen-bond donors (Lipinski definition) is 2. The fourth-order valence-electron chi connectivity index (χ4n) is 3.13. The number of hydrogen-bond acceptors (Lipinski definition) is 4. The van der Waals surface area contributed by atoms with Gasteiger partial charge in [0, 0.05) is 30.8 Å². The van der Waals surface area contributed by atoms with Crippen LogP contribution in [-0.2, 0) is 11.2 Å². The van der Waals surface area contributed by atoms with E-state index in [0.717, 1.165) is 29.2 Å². The molecular weight excluding hydrogens is 316 g/mol. The summed E-state index contributed by atoms with van der Waals surface area (Å²) in [5.74, 6) is 1.65. The van der Waals surface area contributed by atoms with Gasteiger partial charge >= 0.3 is 0 Å². The van der Waals surface area contributed by atoms with Crippen LogP contribution in [0.15, 0.2) is 42.5 Å². The highest BCUT2D eigenvalue weighted by atomic mass is 16.5. The van der Waals surface area contributed by atoms with Crippen molar-refractivity contribution in [3.63, 3.8) is 0 Å². The maximum absolute atomic E-state index is 11.2. The van der Waals surface area contributed by atoms with Gasteiger partial charge in [0.2, 0.25) is 5.91 Å². The number of methoxy groups -OCH3 is 1. The fourth-order valence-corrected chi connectivity index (χ4v) is 3.13. The number of fused-ring (bicyclic) bond motifs is 1. The number of carbonyl (C=O) groups excluding carboxylic acids is 1. The van der Waals surface area contributed by atoms with E-state index in [0.29, 0.717) is 6.61 Å². The van der Waals surface area contributed by atoms with Crippen molar-refractivity contribution in [1.82, 2.24) is 5.32 Å². The molecule has 25 heavy (non-hydrogen) atoms. The lowest BCUT2D eigenvalue weighted by Gasteiger charge is -2.29. The van der Waals surface area contributed by atoms with E-state index in [9.17, 15) is 4.79 Å². The molecule has 2 aromatic rings. The second kappa shape index (κ2) is 7.57. The molecule has 0 aromatic heterocycles. The maximum Gasteiger partial charge on any atom is 0.221 e. The first-order chi connectivity index (χ1) is 12.0. The molecule has 1 aliphatic heterocycles. The molecule has 2 atom stereocenters. The van der Waals surface area contributed by atoms with Gasteiger partial charge in [0.05, 0.1) is 7.11 Å². The summed E-state index contributed by atoms with van der Waals surface area (Å²) < 4.78 is 11.1. The molecular formula is C20H24N2O3. The Labute approximate surface area is 148 Å². The van der Waals surface area contributed by atoms with Crippen LogP contribution in [-0.4, -0.2) is 25.7 Å². The number of nitrogens with one attached hydrogen (secondary N) is 2. The quantitative estimate of drug-likeness (QED) is 0.877. The first kappa shape index (κ1) is 17.3. The second-order valence-electron chi connectivity index (χ2n) is 6.38. The van der Waals surface area contributed by atoms with Gasteiger partial charge in [-0.25, -0.2) is 0 Å². The van der Waals surface area contributed by atoms with E-state index in [4.69, 9.17) is 9.47 Å². The summed E-state index contributed by atoms with van der Waals surface area (Å²) in [5.41, 5.74) is 3.13. The molecule has 0 fully saturated rings. The third-order valence-corrected chi connectivity index (χ3v) is 4.37. The molecule has 132 valence electrons. The molecule has 5 heteroatoms. The third kappa shape index (κ3) is 4.31. The van der Waals surface area contributed by atoms with Crippen molar-refractivity contribution in [1.29, 1.82) is 0 Å². The zero-order chi connectivity index (χ0) is 17.8. The number of ether oxygens (including phenoxy) is 2. The van der Waals surface area contributed by atoms with Gasteiger partial charge in [0.1, 0.15) is 18.1 Å². The minimum atomic E-state index is -0.0644. The highest BCUT2D eigenvalue weighted by Crippen LogP contribution is 2.30. The lowest BCUT2D eigenvalue weighted by Crippen LogP contribution is -2.40. The third-order valence-electron chi connectivity index (χ3n) is 4.37. The topological polar surface area (TPSA) is 59.6 Å². The Morgan fingerprint density at radius 2 is 2.12 bits per heavy atom. The van der Waals surface area contributed by atoms with E-state index in [1.807, 2.05) is 30.3 Å². The smallest absolute Gasteiger partial charge is 0.221 e. The molecule has 0 unspecified atom stereocenters. The van der Waals surface area contributed by atoms with Crippen LogP contribution in [0.1, 0.15) is 31.0 Å². The van der Waals surface area contributed by atoms with Gasteiger partial charge in [-0.3, -0.25) is 4.79 Å². The minimum absolute atomic E-state index is 0.0644. The van der Waals surface area contributed by atoms with Gasteiger partial charge < -0.3 is 20.1 Å². The SMILES string of the molecule is COc1ccc2c(c1)OC[C@H](N[C@@H](C)c1cccc(NC(C)=O)c1)C2. The number of carbonyl (C=O) groups is 1. The van der Waals surface area contributed by atoms with Crippen LogP contribution < -0.4 is 20.1 Å². The first-order valence-electron chi connectivity index (χ1n) is 8.48. The molecule has 0 saturated carbocycles. The van der Waals surface area contributed by atoms with Crippen molar-refractivity contribution >= 4 is 11.6 Å². The average molecular weight is 340 g/mol. The van der Waals surface area contributed by atoms with Gasteiger partial charge in [-0.05, 0) is 42.7 Å². The van der Waals surface area contributed by atoms with Crippen LogP contribution in [0.5, 0.6) is 11.5 Å². The van der Waals surface area contributed by atoms with E-state index in [2.05, 4.69) is 29.7 Å². The standard InChI is InChI=1S/C20H24N2O3/c1-13(15-5-4-6-17(9-15)22-14(2)23)21-18-10-16-7-8-19(24-3)11-20(16)25-12-18/h4-9,11,13,18,21H,10,12H2,1-3H3,(H,22,23)/t13-,18+/m0/s1. The Balaban J connectivity index is 1.65. The summed E-state index contributed by atoms with van der Waals surface area (Å²) in [7, 11) is 1.66. The van der Waals surface area contributed by atoms with E-state index < -0.39 is 0 Å². The van der Waals surface area contributed by atoms with E-state index in [1.165, 1.54) is 12.5 Å². The van der Waals surface area contributed by atoms with E-state index >= 15 is 0 Å². The summed E-state index contributed by atoms with van der Waals surface area (Å²) in [5, 5.41) is 6.44. The first-order valence-corrected chi connectivity index (χ1v) is 8.48. The lowest BCUT2D eigenvalue weighted by atomic mass is 10.00. The summed E-state index contributed by atoms with van der Waals surface area (Å²) >= 11 is 0. The predicted molar refractivity (Wildman–Crippen MR) is 98.3 cm³/mol. The number of amides is 1. The van der Waals surface area contributed by atoms with Crippen LogP contribution >= 0.6 is 0 Å². The normalized spacial score (nSPS) is 17.2. The molecule has 3 rings (SSSR count). The van der Waals surface area contributed by atoms with Crippen LogP contribution in [0, 0.1) is 0 Å². The van der Waals surface area contributed by atoms with Crippen LogP contribution in [0.4, 0.5) is 5.69 Å². The lowest BCUT2D eigenvalue weighted by molar-refractivity contribution is -0.114. The Morgan fingerprint density at radius 1 is 1.28 bits per heavy atom. The van der Waals surface area contributed by atoms with Gasteiger partial charge in [-0.1, -0.05) is 18.2 Å². The molecule has 2 N–H and O–H groups in total. The maximum atomic E-state index is 11.2. The predicted octanol–water partition coefficient (Wildman–Crippen LogP) is 3.31. The Morgan fingerprint density at radius 3 is 2.88 bits per heavy atom. The Bertz CT molecular complexity index is 760. The summed E-state index contributed by atoms with van der Waals surface area (Å²) in [6.45, 7) is 4.26. The molecule has 0 radical (unpaired) electrons. The molecule has 0 aliphatic carbocycles. The molecule has 0 saturated heterocycles. The largest absolute Gasteiger partial charge is 0.497 e. The Kier molecular flexibility index (Phi) is 5.24. The van der Waals surface area contributed by atoms with Crippen molar-refractivity contribution in [3.05, 3.63) is 53.6 Å². The van der Waals surface area contributed by atoms with Crippen LogP contribution in [0.3, 0.4) is 0 Å².